The molecule has 0 spiro atoms. The Morgan fingerprint density at radius 1 is 1.03 bits per heavy atom. The molecule has 4 aromatic rings. The van der Waals surface area contributed by atoms with Crippen LogP contribution in [0.2, 0.25) is 0 Å². The summed E-state index contributed by atoms with van der Waals surface area (Å²) in [6.45, 7) is 3.98. The lowest BCUT2D eigenvalue weighted by molar-refractivity contribution is 0.0827. The molecule has 0 aliphatic rings. The number of rotatable bonds is 7. The molecule has 1 amide bonds. The van der Waals surface area contributed by atoms with E-state index in [1.165, 1.54) is 0 Å². The standard InChI is InChI=1S/C26H28N4O3S/c1-15(23-10-11-24(34-23)17-8-7-9-18(12-17)26(31)30(3)4)27-25-19-13-21(32-5)22(33-6)14-20(19)28-16(2)29-25/h7-15H,1-6H3,(H,27,28,29)/t15-/m0/s1. The van der Waals surface area contributed by atoms with Crippen molar-refractivity contribution in [2.75, 3.05) is 33.6 Å². The number of hydrogen-bond acceptors (Lipinski definition) is 7. The summed E-state index contributed by atoms with van der Waals surface area (Å²) in [6.07, 6.45) is 0. The molecule has 0 saturated heterocycles. The van der Waals surface area contributed by atoms with Crippen molar-refractivity contribution in [3.8, 4) is 21.9 Å². The van der Waals surface area contributed by atoms with Crippen LogP contribution < -0.4 is 14.8 Å². The van der Waals surface area contributed by atoms with Crippen LogP contribution in [0.4, 0.5) is 5.82 Å². The first-order valence-corrected chi connectivity index (χ1v) is 11.7. The molecule has 176 valence electrons. The molecular formula is C26H28N4O3S. The predicted octanol–water partition coefficient (Wildman–Crippen LogP) is 5.56. The second kappa shape index (κ2) is 9.69. The fourth-order valence-corrected chi connectivity index (χ4v) is 4.77. The Labute approximate surface area is 203 Å². The van der Waals surface area contributed by atoms with Crippen molar-refractivity contribution in [2.24, 2.45) is 0 Å². The highest BCUT2D eigenvalue weighted by molar-refractivity contribution is 7.15. The van der Waals surface area contributed by atoms with Gasteiger partial charge in [0, 0.05) is 40.9 Å². The summed E-state index contributed by atoms with van der Waals surface area (Å²) in [4.78, 5) is 25.4. The van der Waals surface area contributed by atoms with Gasteiger partial charge in [0.2, 0.25) is 0 Å². The zero-order valence-corrected chi connectivity index (χ0v) is 21.0. The Morgan fingerprint density at radius 3 is 2.47 bits per heavy atom. The first-order valence-electron chi connectivity index (χ1n) is 10.9. The molecule has 8 heteroatoms. The van der Waals surface area contributed by atoms with E-state index in [2.05, 4.69) is 34.3 Å². The molecule has 0 radical (unpaired) electrons. The van der Waals surface area contributed by atoms with Crippen molar-refractivity contribution in [1.82, 2.24) is 14.9 Å². The van der Waals surface area contributed by atoms with Crippen molar-refractivity contribution in [1.29, 1.82) is 0 Å². The number of fused-ring (bicyclic) bond motifs is 1. The van der Waals surface area contributed by atoms with Gasteiger partial charge in [0.25, 0.3) is 5.91 Å². The number of nitrogens with zero attached hydrogens (tertiary/aromatic N) is 3. The summed E-state index contributed by atoms with van der Waals surface area (Å²) in [5.74, 6) is 2.66. The highest BCUT2D eigenvalue weighted by Crippen LogP contribution is 2.37. The summed E-state index contributed by atoms with van der Waals surface area (Å²) >= 11 is 1.69. The van der Waals surface area contributed by atoms with Crippen LogP contribution >= 0.6 is 11.3 Å². The van der Waals surface area contributed by atoms with Crippen LogP contribution in [0.5, 0.6) is 11.5 Å². The Balaban J connectivity index is 1.63. The number of carbonyl (C=O) groups is 1. The highest BCUT2D eigenvalue weighted by atomic mass is 32.1. The van der Waals surface area contributed by atoms with E-state index >= 15 is 0 Å². The molecule has 1 atom stereocenters. The van der Waals surface area contributed by atoms with E-state index in [0.29, 0.717) is 22.9 Å². The van der Waals surface area contributed by atoms with Crippen LogP contribution in [0, 0.1) is 6.92 Å². The first-order chi connectivity index (χ1) is 16.3. The number of anilines is 1. The normalized spacial score (nSPS) is 11.8. The lowest BCUT2D eigenvalue weighted by Gasteiger charge is -2.16. The molecule has 0 saturated carbocycles. The van der Waals surface area contributed by atoms with Gasteiger partial charge in [-0.2, -0.15) is 0 Å². The van der Waals surface area contributed by atoms with Crippen molar-refractivity contribution in [3.05, 3.63) is 64.8 Å². The van der Waals surface area contributed by atoms with Crippen LogP contribution in [0.25, 0.3) is 21.3 Å². The number of hydrogen-bond donors (Lipinski definition) is 1. The minimum absolute atomic E-state index is 0.00766. The van der Waals surface area contributed by atoms with E-state index in [0.717, 1.165) is 32.0 Å². The molecule has 0 aliphatic carbocycles. The largest absolute Gasteiger partial charge is 0.493 e. The van der Waals surface area contributed by atoms with Gasteiger partial charge in [0.05, 0.1) is 25.8 Å². The van der Waals surface area contributed by atoms with E-state index < -0.39 is 0 Å². The fourth-order valence-electron chi connectivity index (χ4n) is 3.76. The minimum atomic E-state index is -0.00766. The maximum Gasteiger partial charge on any atom is 0.253 e. The Bertz CT molecular complexity index is 1350. The molecule has 0 fully saturated rings. The van der Waals surface area contributed by atoms with Crippen LogP contribution in [0.15, 0.2) is 48.5 Å². The number of nitrogens with one attached hydrogen (secondary N) is 1. The monoisotopic (exact) mass is 476 g/mol. The van der Waals surface area contributed by atoms with E-state index in [-0.39, 0.29) is 11.9 Å². The third kappa shape index (κ3) is 4.68. The molecule has 0 aliphatic heterocycles. The van der Waals surface area contributed by atoms with Gasteiger partial charge in [-0.05, 0) is 49.7 Å². The number of ether oxygens (including phenoxy) is 2. The molecular weight excluding hydrogens is 448 g/mol. The average molecular weight is 477 g/mol. The third-order valence-electron chi connectivity index (χ3n) is 5.52. The molecule has 2 aromatic carbocycles. The van der Waals surface area contributed by atoms with Crippen LogP contribution in [-0.4, -0.2) is 49.1 Å². The number of thiophene rings is 1. The van der Waals surface area contributed by atoms with Gasteiger partial charge in [0.15, 0.2) is 11.5 Å². The van der Waals surface area contributed by atoms with Gasteiger partial charge in [0.1, 0.15) is 11.6 Å². The predicted molar refractivity (Wildman–Crippen MR) is 137 cm³/mol. The van der Waals surface area contributed by atoms with Crippen LogP contribution in [0.1, 0.15) is 34.0 Å². The van der Waals surface area contributed by atoms with Gasteiger partial charge < -0.3 is 19.7 Å². The van der Waals surface area contributed by atoms with E-state index in [1.807, 2.05) is 43.3 Å². The second-order valence-electron chi connectivity index (χ2n) is 8.19. The molecule has 7 nitrogen and oxygen atoms in total. The van der Waals surface area contributed by atoms with Crippen molar-refractivity contribution in [2.45, 2.75) is 19.9 Å². The molecule has 2 aromatic heterocycles. The molecule has 34 heavy (non-hydrogen) atoms. The summed E-state index contributed by atoms with van der Waals surface area (Å²) in [7, 11) is 6.74. The Morgan fingerprint density at radius 2 is 1.76 bits per heavy atom. The zero-order valence-electron chi connectivity index (χ0n) is 20.2. The van der Waals surface area contributed by atoms with E-state index in [1.54, 1.807) is 44.6 Å². The van der Waals surface area contributed by atoms with Crippen LogP contribution in [-0.2, 0) is 0 Å². The van der Waals surface area contributed by atoms with E-state index in [9.17, 15) is 4.79 Å². The molecule has 2 heterocycles. The van der Waals surface area contributed by atoms with Crippen molar-refractivity contribution >= 4 is 34.0 Å². The number of aromatic nitrogens is 2. The summed E-state index contributed by atoms with van der Waals surface area (Å²) in [5.41, 5.74) is 2.49. The highest BCUT2D eigenvalue weighted by Gasteiger charge is 2.16. The maximum absolute atomic E-state index is 12.4. The zero-order chi connectivity index (χ0) is 24.4. The lowest BCUT2D eigenvalue weighted by Crippen LogP contribution is -2.21. The Hall–Kier alpha value is -3.65. The quantitative estimate of drug-likeness (QED) is 0.376. The Kier molecular flexibility index (Phi) is 6.70. The van der Waals surface area contributed by atoms with Crippen LogP contribution in [0.3, 0.4) is 0 Å². The van der Waals surface area contributed by atoms with Crippen molar-refractivity contribution < 1.29 is 14.3 Å². The summed E-state index contributed by atoms with van der Waals surface area (Å²) in [6, 6.07) is 15.7. The smallest absolute Gasteiger partial charge is 0.253 e. The minimum Gasteiger partial charge on any atom is -0.493 e. The van der Waals surface area contributed by atoms with Gasteiger partial charge in [-0.15, -0.1) is 11.3 Å². The lowest BCUT2D eigenvalue weighted by atomic mass is 10.1. The maximum atomic E-state index is 12.4. The number of benzene rings is 2. The number of carbonyl (C=O) groups excluding carboxylic acids is 1. The second-order valence-corrected chi connectivity index (χ2v) is 9.31. The molecule has 4 rings (SSSR count). The van der Waals surface area contributed by atoms with Gasteiger partial charge >= 0.3 is 0 Å². The van der Waals surface area contributed by atoms with E-state index in [4.69, 9.17) is 9.47 Å². The van der Waals surface area contributed by atoms with Gasteiger partial charge in [-0.1, -0.05) is 12.1 Å². The number of methoxy groups -OCH3 is 2. The average Bonchev–Trinajstić information content (AvgIpc) is 3.33. The topological polar surface area (TPSA) is 76.6 Å². The van der Waals surface area contributed by atoms with Crippen molar-refractivity contribution in [3.63, 3.8) is 0 Å². The molecule has 0 unspecified atom stereocenters. The SMILES string of the molecule is COc1cc2nc(C)nc(N[C@@H](C)c3ccc(-c4cccc(C(=O)N(C)C)c4)s3)c2cc1OC. The third-order valence-corrected chi connectivity index (χ3v) is 6.84. The number of amides is 1. The summed E-state index contributed by atoms with van der Waals surface area (Å²) < 4.78 is 10.9. The molecule has 0 bridgehead atoms. The fraction of sp³-hybridized carbons (Fsp3) is 0.269. The van der Waals surface area contributed by atoms with Gasteiger partial charge in [-0.3, -0.25) is 4.79 Å². The van der Waals surface area contributed by atoms with Gasteiger partial charge in [-0.25, -0.2) is 9.97 Å². The number of aryl methyl sites for hydroxylation is 1. The summed E-state index contributed by atoms with van der Waals surface area (Å²) in [5, 5.41) is 4.41. The molecule has 1 N–H and O–H groups in total. The first kappa shape index (κ1) is 23.5.